The summed E-state index contributed by atoms with van der Waals surface area (Å²) in [6, 6.07) is 0. The van der Waals surface area contributed by atoms with Crippen molar-refractivity contribution in [2.75, 3.05) is 6.61 Å². The molecule has 0 bridgehead atoms. The summed E-state index contributed by atoms with van der Waals surface area (Å²) in [5.74, 6) is -0.955. The molecule has 86 valence electrons. The summed E-state index contributed by atoms with van der Waals surface area (Å²) >= 11 is 0. The van der Waals surface area contributed by atoms with E-state index in [2.05, 4.69) is 0 Å². The van der Waals surface area contributed by atoms with Gasteiger partial charge >= 0.3 is 11.9 Å². The van der Waals surface area contributed by atoms with Crippen molar-refractivity contribution in [1.29, 1.82) is 0 Å². The summed E-state index contributed by atoms with van der Waals surface area (Å²) in [4.78, 5) is 21.5. The van der Waals surface area contributed by atoms with E-state index in [0.29, 0.717) is 0 Å². The van der Waals surface area contributed by atoms with Crippen LogP contribution in [0.1, 0.15) is 20.3 Å². The first-order valence-corrected chi connectivity index (χ1v) is 4.63. The first-order valence-electron chi connectivity index (χ1n) is 4.63. The van der Waals surface area contributed by atoms with Crippen molar-refractivity contribution in [2.24, 2.45) is 0 Å². The largest absolute Gasteiger partial charge is 0.458 e. The molecule has 0 aliphatic carbocycles. The van der Waals surface area contributed by atoms with Gasteiger partial charge in [0.1, 0.15) is 6.10 Å². The van der Waals surface area contributed by atoms with Crippen LogP contribution in [-0.2, 0) is 23.8 Å². The minimum absolute atomic E-state index is 0.0265. The normalized spacial score (nSPS) is 30.7. The van der Waals surface area contributed by atoms with Gasteiger partial charge in [0.2, 0.25) is 0 Å². The summed E-state index contributed by atoms with van der Waals surface area (Å²) in [5.41, 5.74) is 0. The average Bonchev–Trinajstić information content (AvgIpc) is 2.08. The number of carbonyl (C=O) groups excluding carboxylic acids is 2. The Morgan fingerprint density at radius 1 is 1.20 bits per heavy atom. The van der Waals surface area contributed by atoms with E-state index < -0.39 is 30.4 Å². The fourth-order valence-electron chi connectivity index (χ4n) is 1.39. The lowest BCUT2D eigenvalue weighted by Gasteiger charge is -2.32. The number of carbonyl (C=O) groups is 2. The zero-order chi connectivity index (χ0) is 11.4. The highest BCUT2D eigenvalue weighted by Crippen LogP contribution is 2.19. The second kappa shape index (κ2) is 5.09. The SMILES string of the molecule is CC(=O)OC1COC(O)CC1OC(C)=O. The monoisotopic (exact) mass is 218 g/mol. The van der Waals surface area contributed by atoms with Crippen molar-refractivity contribution >= 4 is 11.9 Å². The standard InChI is InChI=1S/C9H14O6/c1-5(10)14-7-3-9(12)13-4-8(7)15-6(2)11/h7-9,12H,3-4H2,1-2H3. The summed E-state index contributed by atoms with van der Waals surface area (Å²) in [7, 11) is 0. The van der Waals surface area contributed by atoms with Crippen molar-refractivity contribution in [3.8, 4) is 0 Å². The maximum Gasteiger partial charge on any atom is 0.303 e. The number of aliphatic hydroxyl groups excluding tert-OH is 1. The predicted octanol–water partition coefficient (Wildman–Crippen LogP) is -0.412. The first kappa shape index (κ1) is 11.9. The molecule has 0 aromatic heterocycles. The van der Waals surface area contributed by atoms with E-state index in [0.717, 1.165) is 0 Å². The maximum atomic E-state index is 10.8. The maximum absolute atomic E-state index is 10.8. The van der Waals surface area contributed by atoms with Crippen LogP contribution in [0.5, 0.6) is 0 Å². The molecule has 6 heteroatoms. The molecule has 1 saturated heterocycles. The number of hydrogen-bond acceptors (Lipinski definition) is 6. The van der Waals surface area contributed by atoms with Crippen molar-refractivity contribution in [3.05, 3.63) is 0 Å². The fourth-order valence-corrected chi connectivity index (χ4v) is 1.39. The lowest BCUT2D eigenvalue weighted by molar-refractivity contribution is -0.216. The quantitative estimate of drug-likeness (QED) is 0.634. The van der Waals surface area contributed by atoms with Crippen LogP contribution in [0.4, 0.5) is 0 Å². The molecule has 0 aromatic rings. The Morgan fingerprint density at radius 2 is 1.73 bits per heavy atom. The Bertz CT molecular complexity index is 251. The summed E-state index contributed by atoms with van der Waals surface area (Å²) in [6.45, 7) is 2.54. The Hall–Kier alpha value is -1.14. The highest BCUT2D eigenvalue weighted by Gasteiger charge is 2.34. The lowest BCUT2D eigenvalue weighted by Crippen LogP contribution is -2.45. The number of ether oxygens (including phenoxy) is 3. The van der Waals surface area contributed by atoms with E-state index in [1.807, 2.05) is 0 Å². The molecule has 0 amide bonds. The van der Waals surface area contributed by atoms with E-state index in [4.69, 9.17) is 14.2 Å². The van der Waals surface area contributed by atoms with Crippen molar-refractivity contribution in [1.82, 2.24) is 0 Å². The van der Waals surface area contributed by atoms with Gasteiger partial charge < -0.3 is 19.3 Å². The van der Waals surface area contributed by atoms with Crippen LogP contribution < -0.4 is 0 Å². The molecule has 0 spiro atoms. The summed E-state index contributed by atoms with van der Waals surface area (Å²) in [6.07, 6.45) is -2.16. The van der Waals surface area contributed by atoms with Gasteiger partial charge in [0, 0.05) is 20.3 Å². The Kier molecular flexibility index (Phi) is 4.05. The number of rotatable bonds is 2. The van der Waals surface area contributed by atoms with Gasteiger partial charge in [-0.1, -0.05) is 0 Å². The van der Waals surface area contributed by atoms with Crippen LogP contribution in [0.3, 0.4) is 0 Å². The first-order chi connectivity index (χ1) is 6.99. The van der Waals surface area contributed by atoms with Crippen molar-refractivity contribution < 1.29 is 28.9 Å². The molecule has 15 heavy (non-hydrogen) atoms. The van der Waals surface area contributed by atoms with E-state index >= 15 is 0 Å². The second-order valence-corrected chi connectivity index (χ2v) is 3.32. The van der Waals surface area contributed by atoms with Gasteiger partial charge in [-0.05, 0) is 0 Å². The second-order valence-electron chi connectivity index (χ2n) is 3.32. The molecule has 1 fully saturated rings. The topological polar surface area (TPSA) is 82.1 Å². The van der Waals surface area contributed by atoms with Crippen LogP contribution in [0.15, 0.2) is 0 Å². The molecule has 1 aliphatic heterocycles. The van der Waals surface area contributed by atoms with Gasteiger partial charge in [-0.2, -0.15) is 0 Å². The van der Waals surface area contributed by atoms with Crippen molar-refractivity contribution in [2.45, 2.75) is 38.8 Å². The molecule has 3 atom stereocenters. The molecule has 1 N–H and O–H groups in total. The molecule has 6 nitrogen and oxygen atoms in total. The minimum Gasteiger partial charge on any atom is -0.458 e. The zero-order valence-corrected chi connectivity index (χ0v) is 8.63. The molecular formula is C9H14O6. The zero-order valence-electron chi connectivity index (χ0n) is 8.63. The predicted molar refractivity (Wildman–Crippen MR) is 47.7 cm³/mol. The molecule has 0 saturated carbocycles. The minimum atomic E-state index is -0.985. The number of aliphatic hydroxyl groups is 1. The third-order valence-corrected chi connectivity index (χ3v) is 1.94. The summed E-state index contributed by atoms with van der Waals surface area (Å²) < 4.78 is 14.7. The van der Waals surface area contributed by atoms with E-state index in [1.54, 1.807) is 0 Å². The number of hydrogen-bond donors (Lipinski definition) is 1. The Morgan fingerprint density at radius 3 is 2.27 bits per heavy atom. The molecular weight excluding hydrogens is 204 g/mol. The Balaban J connectivity index is 2.57. The highest BCUT2D eigenvalue weighted by molar-refractivity contribution is 5.67. The summed E-state index contributed by atoms with van der Waals surface area (Å²) in [5, 5.41) is 9.19. The van der Waals surface area contributed by atoms with Crippen LogP contribution in [0.25, 0.3) is 0 Å². The van der Waals surface area contributed by atoms with Crippen LogP contribution in [-0.4, -0.2) is 42.1 Å². The molecule has 0 aromatic carbocycles. The van der Waals surface area contributed by atoms with Gasteiger partial charge in [-0.25, -0.2) is 0 Å². The van der Waals surface area contributed by atoms with Crippen LogP contribution >= 0.6 is 0 Å². The van der Waals surface area contributed by atoms with E-state index in [9.17, 15) is 14.7 Å². The number of esters is 2. The third kappa shape index (κ3) is 3.85. The van der Waals surface area contributed by atoms with Crippen molar-refractivity contribution in [3.63, 3.8) is 0 Å². The molecule has 0 radical (unpaired) electrons. The third-order valence-electron chi connectivity index (χ3n) is 1.94. The molecule has 3 unspecified atom stereocenters. The highest BCUT2D eigenvalue weighted by atomic mass is 16.6. The lowest BCUT2D eigenvalue weighted by atomic mass is 10.1. The van der Waals surface area contributed by atoms with E-state index in [1.165, 1.54) is 13.8 Å². The fraction of sp³-hybridized carbons (Fsp3) is 0.778. The molecule has 1 heterocycles. The van der Waals surface area contributed by atoms with Gasteiger partial charge in [0.15, 0.2) is 12.4 Å². The molecule has 1 rings (SSSR count). The van der Waals surface area contributed by atoms with Crippen LogP contribution in [0.2, 0.25) is 0 Å². The van der Waals surface area contributed by atoms with E-state index in [-0.39, 0.29) is 13.0 Å². The van der Waals surface area contributed by atoms with Gasteiger partial charge in [0.25, 0.3) is 0 Å². The van der Waals surface area contributed by atoms with Crippen LogP contribution in [0, 0.1) is 0 Å². The van der Waals surface area contributed by atoms with Gasteiger partial charge in [0.05, 0.1) is 6.61 Å². The smallest absolute Gasteiger partial charge is 0.303 e. The van der Waals surface area contributed by atoms with Gasteiger partial charge in [-0.15, -0.1) is 0 Å². The Labute approximate surface area is 87.1 Å². The van der Waals surface area contributed by atoms with Gasteiger partial charge in [-0.3, -0.25) is 9.59 Å². The average molecular weight is 218 g/mol. The molecule has 1 aliphatic rings.